The number of ether oxygens (including phenoxy) is 1. The van der Waals surface area contributed by atoms with Gasteiger partial charge < -0.3 is 15.4 Å². The van der Waals surface area contributed by atoms with Crippen LogP contribution >= 0.6 is 0 Å². The minimum Gasteiger partial charge on any atom is -0.455 e. The Kier molecular flexibility index (Phi) is 5.19. The number of nitrogens with one attached hydrogen (secondary N) is 2. The van der Waals surface area contributed by atoms with E-state index in [-0.39, 0.29) is 0 Å². The zero-order valence-electron chi connectivity index (χ0n) is 15.5. The van der Waals surface area contributed by atoms with Crippen LogP contribution in [0.3, 0.4) is 0 Å². The molecule has 0 radical (unpaired) electrons. The molecule has 1 aromatic heterocycles. The zero-order chi connectivity index (χ0) is 18.5. The van der Waals surface area contributed by atoms with Crippen molar-refractivity contribution in [2.45, 2.75) is 38.6 Å². The van der Waals surface area contributed by atoms with Gasteiger partial charge in [-0.3, -0.25) is 0 Å². The van der Waals surface area contributed by atoms with Crippen LogP contribution in [0, 0.1) is 6.92 Å². The van der Waals surface area contributed by atoms with Gasteiger partial charge in [0.1, 0.15) is 11.6 Å². The van der Waals surface area contributed by atoms with Gasteiger partial charge in [0.05, 0.1) is 5.69 Å². The molecule has 5 heteroatoms. The molecule has 2 N–H and O–H groups in total. The molecule has 1 saturated carbocycles. The SMILES string of the molecule is Cc1cc(Nc2ccccc2Oc2ccccc2)nc(NC2CCCC2)n1. The molecule has 5 nitrogen and oxygen atoms in total. The van der Waals surface area contributed by atoms with E-state index in [9.17, 15) is 0 Å². The average Bonchev–Trinajstić information content (AvgIpc) is 3.17. The quantitative estimate of drug-likeness (QED) is 0.592. The minimum atomic E-state index is 0.480. The monoisotopic (exact) mass is 360 g/mol. The summed E-state index contributed by atoms with van der Waals surface area (Å²) in [5, 5.41) is 6.85. The lowest BCUT2D eigenvalue weighted by Gasteiger charge is -2.15. The maximum atomic E-state index is 6.03. The van der Waals surface area contributed by atoms with E-state index in [1.807, 2.05) is 67.6 Å². The largest absolute Gasteiger partial charge is 0.455 e. The standard InChI is InChI=1S/C22H24N4O/c1-16-15-21(26-22(23-16)24-17-9-5-6-10-17)25-19-13-7-8-14-20(19)27-18-11-3-2-4-12-18/h2-4,7-8,11-15,17H,5-6,9-10H2,1H3,(H2,23,24,25,26). The third-order valence-electron chi connectivity index (χ3n) is 4.66. The number of aromatic nitrogens is 2. The predicted octanol–water partition coefficient (Wildman–Crippen LogP) is 5.68. The molecule has 1 heterocycles. The fourth-order valence-electron chi connectivity index (χ4n) is 3.36. The van der Waals surface area contributed by atoms with Gasteiger partial charge in [-0.15, -0.1) is 0 Å². The van der Waals surface area contributed by atoms with E-state index in [0.29, 0.717) is 12.0 Å². The number of aryl methyl sites for hydroxylation is 1. The molecule has 1 aliphatic carbocycles. The van der Waals surface area contributed by atoms with E-state index >= 15 is 0 Å². The van der Waals surface area contributed by atoms with E-state index in [1.165, 1.54) is 25.7 Å². The van der Waals surface area contributed by atoms with Gasteiger partial charge in [-0.05, 0) is 44.0 Å². The Morgan fingerprint density at radius 3 is 2.48 bits per heavy atom. The van der Waals surface area contributed by atoms with E-state index in [0.717, 1.165) is 28.7 Å². The third-order valence-corrected chi connectivity index (χ3v) is 4.66. The summed E-state index contributed by atoms with van der Waals surface area (Å²) in [4.78, 5) is 9.19. The molecule has 27 heavy (non-hydrogen) atoms. The summed E-state index contributed by atoms with van der Waals surface area (Å²) in [5.41, 5.74) is 1.79. The van der Waals surface area contributed by atoms with Crippen LogP contribution in [0.1, 0.15) is 31.4 Å². The first kappa shape index (κ1) is 17.3. The Labute approximate surface area is 159 Å². The number of benzene rings is 2. The number of para-hydroxylation sites is 3. The first-order chi connectivity index (χ1) is 13.3. The second-order valence-corrected chi connectivity index (χ2v) is 6.88. The molecule has 0 spiro atoms. The van der Waals surface area contributed by atoms with Gasteiger partial charge in [-0.1, -0.05) is 43.2 Å². The Bertz CT molecular complexity index is 892. The van der Waals surface area contributed by atoms with E-state index in [4.69, 9.17) is 4.74 Å². The number of rotatable bonds is 6. The molecule has 0 unspecified atom stereocenters. The van der Waals surface area contributed by atoms with E-state index in [1.54, 1.807) is 0 Å². The van der Waals surface area contributed by atoms with Gasteiger partial charge in [-0.25, -0.2) is 4.98 Å². The van der Waals surface area contributed by atoms with Crippen molar-refractivity contribution in [3.05, 3.63) is 66.4 Å². The van der Waals surface area contributed by atoms with Gasteiger partial charge in [0.25, 0.3) is 0 Å². The number of hydrogen-bond acceptors (Lipinski definition) is 5. The molecule has 2 aromatic carbocycles. The molecule has 1 fully saturated rings. The van der Waals surface area contributed by atoms with Crippen molar-refractivity contribution in [2.75, 3.05) is 10.6 Å². The summed E-state index contributed by atoms with van der Waals surface area (Å²) in [6.45, 7) is 1.99. The second-order valence-electron chi connectivity index (χ2n) is 6.88. The van der Waals surface area contributed by atoms with Crippen molar-refractivity contribution in [2.24, 2.45) is 0 Å². The van der Waals surface area contributed by atoms with Gasteiger partial charge in [0, 0.05) is 17.8 Å². The molecular formula is C22H24N4O. The highest BCUT2D eigenvalue weighted by Gasteiger charge is 2.16. The average molecular weight is 360 g/mol. The van der Waals surface area contributed by atoms with Crippen LogP contribution in [0.2, 0.25) is 0 Å². The summed E-state index contributed by atoms with van der Waals surface area (Å²) < 4.78 is 6.03. The third kappa shape index (κ3) is 4.56. The lowest BCUT2D eigenvalue weighted by molar-refractivity contribution is 0.485. The fraction of sp³-hybridized carbons (Fsp3) is 0.273. The molecule has 0 aliphatic heterocycles. The highest BCUT2D eigenvalue weighted by Crippen LogP contribution is 2.31. The number of hydrogen-bond donors (Lipinski definition) is 2. The highest BCUT2D eigenvalue weighted by molar-refractivity contribution is 5.65. The Morgan fingerprint density at radius 1 is 0.926 bits per heavy atom. The fourth-order valence-corrected chi connectivity index (χ4v) is 3.36. The summed E-state index contributed by atoms with van der Waals surface area (Å²) in [6, 6.07) is 20.1. The van der Waals surface area contributed by atoms with Crippen LogP contribution in [0.25, 0.3) is 0 Å². The smallest absolute Gasteiger partial charge is 0.225 e. The van der Waals surface area contributed by atoms with Crippen molar-refractivity contribution in [1.82, 2.24) is 9.97 Å². The van der Waals surface area contributed by atoms with Crippen molar-refractivity contribution in [1.29, 1.82) is 0 Å². The summed E-state index contributed by atoms with van der Waals surface area (Å²) >= 11 is 0. The molecule has 138 valence electrons. The molecule has 1 aliphatic rings. The number of anilines is 3. The lowest BCUT2D eigenvalue weighted by atomic mass is 10.2. The Hall–Kier alpha value is -3.08. The minimum absolute atomic E-state index is 0.480. The van der Waals surface area contributed by atoms with E-state index < -0.39 is 0 Å². The van der Waals surface area contributed by atoms with Crippen LogP contribution in [-0.4, -0.2) is 16.0 Å². The van der Waals surface area contributed by atoms with Crippen molar-refractivity contribution >= 4 is 17.5 Å². The molecule has 0 atom stereocenters. The predicted molar refractivity (Wildman–Crippen MR) is 109 cm³/mol. The molecule has 0 bridgehead atoms. The number of nitrogens with zero attached hydrogens (tertiary/aromatic N) is 2. The van der Waals surface area contributed by atoms with Crippen LogP contribution in [0.4, 0.5) is 17.5 Å². The van der Waals surface area contributed by atoms with Gasteiger partial charge in [-0.2, -0.15) is 4.98 Å². The maximum absolute atomic E-state index is 6.03. The van der Waals surface area contributed by atoms with E-state index in [2.05, 4.69) is 20.6 Å². The second kappa shape index (κ2) is 8.08. The molecule has 0 amide bonds. The van der Waals surface area contributed by atoms with Gasteiger partial charge >= 0.3 is 0 Å². The lowest BCUT2D eigenvalue weighted by Crippen LogP contribution is -2.17. The van der Waals surface area contributed by atoms with Crippen LogP contribution in [-0.2, 0) is 0 Å². The van der Waals surface area contributed by atoms with Crippen LogP contribution in [0.5, 0.6) is 11.5 Å². The van der Waals surface area contributed by atoms with Crippen LogP contribution < -0.4 is 15.4 Å². The van der Waals surface area contributed by atoms with Gasteiger partial charge in [0.15, 0.2) is 5.75 Å². The molecular weight excluding hydrogens is 336 g/mol. The highest BCUT2D eigenvalue weighted by atomic mass is 16.5. The molecule has 4 rings (SSSR count). The normalized spacial score (nSPS) is 14.1. The van der Waals surface area contributed by atoms with Crippen molar-refractivity contribution < 1.29 is 4.74 Å². The maximum Gasteiger partial charge on any atom is 0.225 e. The molecule has 3 aromatic rings. The molecule has 0 saturated heterocycles. The summed E-state index contributed by atoms with van der Waals surface area (Å²) in [6.07, 6.45) is 4.93. The van der Waals surface area contributed by atoms with Crippen LogP contribution in [0.15, 0.2) is 60.7 Å². The zero-order valence-corrected chi connectivity index (χ0v) is 15.5. The topological polar surface area (TPSA) is 59.1 Å². The van der Waals surface area contributed by atoms with Gasteiger partial charge in [0.2, 0.25) is 5.95 Å². The first-order valence-electron chi connectivity index (χ1n) is 9.47. The van der Waals surface area contributed by atoms with Crippen molar-refractivity contribution in [3.8, 4) is 11.5 Å². The Balaban J connectivity index is 1.54. The first-order valence-corrected chi connectivity index (χ1v) is 9.47. The Morgan fingerprint density at radius 2 is 1.67 bits per heavy atom. The summed E-state index contributed by atoms with van der Waals surface area (Å²) in [5.74, 6) is 3.00. The summed E-state index contributed by atoms with van der Waals surface area (Å²) in [7, 11) is 0. The van der Waals surface area contributed by atoms with Crippen molar-refractivity contribution in [3.63, 3.8) is 0 Å².